The molecule has 0 bridgehead atoms. The van der Waals surface area contributed by atoms with E-state index in [0.717, 1.165) is 12.8 Å². The average molecular weight is 422 g/mol. The Morgan fingerprint density at radius 2 is 1.86 bits per heavy atom. The summed E-state index contributed by atoms with van der Waals surface area (Å²) in [6.45, 7) is 6.85. The maximum atomic E-state index is 13.0. The number of hydrogen-bond donors (Lipinski definition) is 2. The van der Waals surface area contributed by atoms with Gasteiger partial charge in [-0.2, -0.15) is 4.72 Å². The summed E-state index contributed by atoms with van der Waals surface area (Å²) in [4.78, 5) is 15.8. The van der Waals surface area contributed by atoms with Crippen LogP contribution in [0.2, 0.25) is 0 Å². The van der Waals surface area contributed by atoms with Crippen LogP contribution in [0.3, 0.4) is 0 Å². The SMILES string of the molecule is CCC(C)C(NS(=O)(=O)c1ccccc1)C(=O)NCC1CCCN2CCCCC12. The molecule has 1 amide bonds. The Labute approximate surface area is 175 Å². The average Bonchev–Trinajstić information content (AvgIpc) is 2.76. The van der Waals surface area contributed by atoms with Gasteiger partial charge in [0.15, 0.2) is 0 Å². The number of carbonyl (C=O) groups is 1. The molecule has 4 atom stereocenters. The van der Waals surface area contributed by atoms with Crippen LogP contribution in [0.25, 0.3) is 0 Å². The van der Waals surface area contributed by atoms with Crippen LogP contribution in [-0.4, -0.2) is 50.9 Å². The molecule has 1 aromatic rings. The van der Waals surface area contributed by atoms with Crippen LogP contribution in [-0.2, 0) is 14.8 Å². The summed E-state index contributed by atoms with van der Waals surface area (Å²) < 4.78 is 28.2. The van der Waals surface area contributed by atoms with Crippen molar-refractivity contribution in [2.75, 3.05) is 19.6 Å². The summed E-state index contributed by atoms with van der Waals surface area (Å²) in [6, 6.07) is 8.03. The molecule has 0 spiro atoms. The number of nitrogens with zero attached hydrogens (tertiary/aromatic N) is 1. The Hall–Kier alpha value is -1.44. The van der Waals surface area contributed by atoms with Crippen LogP contribution in [0.4, 0.5) is 0 Å². The first-order valence-corrected chi connectivity index (χ1v) is 12.5. The zero-order chi connectivity index (χ0) is 20.9. The zero-order valence-corrected chi connectivity index (χ0v) is 18.5. The van der Waals surface area contributed by atoms with Crippen molar-refractivity contribution in [3.8, 4) is 0 Å². The normalized spacial score (nSPS) is 25.0. The summed E-state index contributed by atoms with van der Waals surface area (Å²) in [6.07, 6.45) is 6.76. The van der Waals surface area contributed by atoms with Crippen molar-refractivity contribution in [3.63, 3.8) is 0 Å². The molecular formula is C22H35N3O3S. The molecule has 2 aliphatic rings. The Morgan fingerprint density at radius 1 is 1.14 bits per heavy atom. The molecule has 29 heavy (non-hydrogen) atoms. The van der Waals surface area contributed by atoms with E-state index in [4.69, 9.17) is 0 Å². The number of piperidine rings is 2. The van der Waals surface area contributed by atoms with E-state index in [-0.39, 0.29) is 16.7 Å². The van der Waals surface area contributed by atoms with Gasteiger partial charge in [-0.1, -0.05) is 44.9 Å². The van der Waals surface area contributed by atoms with Crippen molar-refractivity contribution in [3.05, 3.63) is 30.3 Å². The van der Waals surface area contributed by atoms with Crippen molar-refractivity contribution >= 4 is 15.9 Å². The van der Waals surface area contributed by atoms with Gasteiger partial charge in [0.2, 0.25) is 15.9 Å². The number of carbonyl (C=O) groups excluding carboxylic acids is 1. The molecule has 2 fully saturated rings. The summed E-state index contributed by atoms with van der Waals surface area (Å²) in [5, 5.41) is 3.08. The lowest BCUT2D eigenvalue weighted by Crippen LogP contribution is -2.54. The van der Waals surface area contributed by atoms with Crippen LogP contribution in [0.15, 0.2) is 35.2 Å². The summed E-state index contributed by atoms with van der Waals surface area (Å²) in [5.74, 6) is 0.147. The number of amides is 1. The highest BCUT2D eigenvalue weighted by Crippen LogP contribution is 2.30. The lowest BCUT2D eigenvalue weighted by molar-refractivity contribution is -0.124. The highest BCUT2D eigenvalue weighted by molar-refractivity contribution is 7.89. The Balaban J connectivity index is 1.65. The molecule has 2 saturated heterocycles. The van der Waals surface area contributed by atoms with Crippen LogP contribution in [0.5, 0.6) is 0 Å². The number of benzene rings is 1. The van der Waals surface area contributed by atoms with Gasteiger partial charge in [0.25, 0.3) is 0 Å². The third-order valence-corrected chi connectivity index (χ3v) is 8.06. The fraction of sp³-hybridized carbons (Fsp3) is 0.682. The molecule has 0 aromatic heterocycles. The largest absolute Gasteiger partial charge is 0.354 e. The van der Waals surface area contributed by atoms with Crippen molar-refractivity contribution in [2.24, 2.45) is 11.8 Å². The van der Waals surface area contributed by atoms with Gasteiger partial charge in [-0.15, -0.1) is 0 Å². The van der Waals surface area contributed by atoms with Crippen LogP contribution in [0, 0.1) is 11.8 Å². The fourth-order valence-corrected chi connectivity index (χ4v) is 5.98. The van der Waals surface area contributed by atoms with Crippen LogP contribution < -0.4 is 10.0 Å². The molecule has 0 radical (unpaired) electrons. The summed E-state index contributed by atoms with van der Waals surface area (Å²) in [7, 11) is -3.74. The van der Waals surface area contributed by atoms with Gasteiger partial charge in [0.05, 0.1) is 4.90 Å². The van der Waals surface area contributed by atoms with Crippen molar-refractivity contribution < 1.29 is 13.2 Å². The van der Waals surface area contributed by atoms with E-state index in [1.54, 1.807) is 30.3 Å². The molecule has 0 saturated carbocycles. The van der Waals surface area contributed by atoms with Gasteiger partial charge < -0.3 is 10.2 Å². The molecule has 2 heterocycles. The van der Waals surface area contributed by atoms with E-state index < -0.39 is 16.1 Å². The molecule has 2 aliphatic heterocycles. The molecule has 162 valence electrons. The number of sulfonamides is 1. The second-order valence-corrected chi connectivity index (χ2v) is 10.3. The van der Waals surface area contributed by atoms with Crippen molar-refractivity contribution in [1.29, 1.82) is 0 Å². The molecule has 2 N–H and O–H groups in total. The first-order chi connectivity index (χ1) is 13.9. The summed E-state index contributed by atoms with van der Waals surface area (Å²) >= 11 is 0. The highest BCUT2D eigenvalue weighted by atomic mass is 32.2. The van der Waals surface area contributed by atoms with Gasteiger partial charge in [-0.25, -0.2) is 8.42 Å². The second-order valence-electron chi connectivity index (χ2n) is 8.54. The third kappa shape index (κ3) is 5.58. The maximum Gasteiger partial charge on any atom is 0.241 e. The van der Waals surface area contributed by atoms with E-state index in [1.165, 1.54) is 38.8 Å². The van der Waals surface area contributed by atoms with Gasteiger partial charge >= 0.3 is 0 Å². The summed E-state index contributed by atoms with van der Waals surface area (Å²) in [5.41, 5.74) is 0. The zero-order valence-electron chi connectivity index (χ0n) is 17.6. The topological polar surface area (TPSA) is 78.5 Å². The molecule has 1 aromatic carbocycles. The Bertz CT molecular complexity index is 767. The predicted octanol–water partition coefficient (Wildman–Crippen LogP) is 2.76. The van der Waals surface area contributed by atoms with E-state index in [2.05, 4.69) is 14.9 Å². The van der Waals surface area contributed by atoms with E-state index in [0.29, 0.717) is 18.5 Å². The standard InChI is InChI=1S/C22H35N3O3S/c1-3-17(2)21(24-29(27,28)19-11-5-4-6-12-19)22(26)23-16-18-10-9-15-25-14-8-7-13-20(18)25/h4-6,11-12,17-18,20-21,24H,3,7-10,13-16H2,1-2H3,(H,23,26). The second kappa shape index (κ2) is 10.0. The predicted molar refractivity (Wildman–Crippen MR) is 115 cm³/mol. The minimum absolute atomic E-state index is 0.0916. The molecule has 7 heteroatoms. The van der Waals surface area contributed by atoms with Crippen LogP contribution >= 0.6 is 0 Å². The molecular weight excluding hydrogens is 386 g/mol. The van der Waals surface area contributed by atoms with E-state index in [9.17, 15) is 13.2 Å². The lowest BCUT2D eigenvalue weighted by Gasteiger charge is -2.44. The van der Waals surface area contributed by atoms with Crippen molar-refractivity contribution in [2.45, 2.75) is 69.4 Å². The first kappa shape index (κ1) is 22.2. The first-order valence-electron chi connectivity index (χ1n) is 11.0. The van der Waals surface area contributed by atoms with Crippen LogP contribution in [0.1, 0.15) is 52.4 Å². The van der Waals surface area contributed by atoms with E-state index in [1.807, 2.05) is 13.8 Å². The van der Waals surface area contributed by atoms with Gasteiger partial charge in [0, 0.05) is 12.6 Å². The van der Waals surface area contributed by atoms with Gasteiger partial charge in [-0.3, -0.25) is 4.79 Å². The number of rotatable bonds is 8. The van der Waals surface area contributed by atoms with Gasteiger partial charge in [0.1, 0.15) is 6.04 Å². The minimum Gasteiger partial charge on any atom is -0.354 e. The Kier molecular flexibility index (Phi) is 7.71. The number of hydrogen-bond acceptors (Lipinski definition) is 4. The maximum absolute atomic E-state index is 13.0. The third-order valence-electron chi connectivity index (χ3n) is 6.60. The highest BCUT2D eigenvalue weighted by Gasteiger charge is 2.34. The Morgan fingerprint density at radius 3 is 2.59 bits per heavy atom. The fourth-order valence-electron chi connectivity index (χ4n) is 4.66. The number of fused-ring (bicyclic) bond motifs is 1. The van der Waals surface area contributed by atoms with Crippen molar-refractivity contribution in [1.82, 2.24) is 14.9 Å². The van der Waals surface area contributed by atoms with E-state index >= 15 is 0 Å². The monoisotopic (exact) mass is 421 g/mol. The quantitative estimate of drug-likeness (QED) is 0.677. The number of nitrogens with one attached hydrogen (secondary N) is 2. The smallest absolute Gasteiger partial charge is 0.241 e. The molecule has 4 unspecified atom stereocenters. The lowest BCUT2D eigenvalue weighted by atomic mass is 9.83. The molecule has 0 aliphatic carbocycles. The molecule has 3 rings (SSSR count). The van der Waals surface area contributed by atoms with Gasteiger partial charge in [-0.05, 0) is 62.7 Å². The minimum atomic E-state index is -3.74. The molecule has 6 nitrogen and oxygen atoms in total.